The molecule has 0 radical (unpaired) electrons. The lowest BCUT2D eigenvalue weighted by molar-refractivity contribution is 1.17. The van der Waals surface area contributed by atoms with E-state index in [1.54, 1.807) is 0 Å². The van der Waals surface area contributed by atoms with Gasteiger partial charge >= 0.3 is 0 Å². The van der Waals surface area contributed by atoms with E-state index in [1.165, 1.54) is 16.2 Å². The van der Waals surface area contributed by atoms with Gasteiger partial charge in [-0.05, 0) is 114 Å². The fourth-order valence-corrected chi connectivity index (χ4v) is 9.42. The van der Waals surface area contributed by atoms with Gasteiger partial charge in [-0.3, -0.25) is 0 Å². The number of fused-ring (bicyclic) bond motifs is 9. The smallest absolute Gasteiger partial charge is 0.0646 e. The van der Waals surface area contributed by atoms with E-state index in [1.807, 2.05) is 88.3 Å². The Kier molecular flexibility index (Phi) is 6.98. The van der Waals surface area contributed by atoms with Crippen molar-refractivity contribution in [1.82, 2.24) is 4.57 Å². The Hall–Kier alpha value is -7.94. The van der Waals surface area contributed by atoms with E-state index in [0.717, 1.165) is 76.7 Å². The van der Waals surface area contributed by atoms with E-state index in [9.17, 15) is 5.48 Å². The molecule has 0 saturated heterocycles. The highest BCUT2D eigenvalue weighted by molar-refractivity contribution is 6.22. The molecule has 0 atom stereocenters. The Morgan fingerprint density at radius 1 is 0.333 bits per heavy atom. The lowest BCUT2D eigenvalue weighted by Gasteiger charge is -2.28. The highest BCUT2D eigenvalue weighted by atomic mass is 15.1. The summed E-state index contributed by atoms with van der Waals surface area (Å²) in [5.74, 6) is 0. The van der Waals surface area contributed by atoms with Gasteiger partial charge in [0.05, 0.1) is 22.2 Å². The van der Waals surface area contributed by atoms with Crippen molar-refractivity contribution in [3.8, 4) is 27.9 Å². The highest BCUT2D eigenvalue weighted by Crippen LogP contribution is 2.47. The largest absolute Gasteiger partial charge is 0.310 e. The van der Waals surface area contributed by atoms with Gasteiger partial charge in [-0.25, -0.2) is 0 Å². The predicted octanol–water partition coefficient (Wildman–Crippen LogP) is 16.2. The third kappa shape index (κ3) is 5.35. The fraction of sp³-hybridized carbons (Fsp3) is 0. The minimum Gasteiger partial charge on any atom is -0.310 e. The van der Waals surface area contributed by atoms with Crippen LogP contribution < -0.4 is 4.90 Å². The number of rotatable bonds is 6. The maximum Gasteiger partial charge on any atom is 0.0646 e. The summed E-state index contributed by atoms with van der Waals surface area (Å²) in [6.45, 7) is 0. The second-order valence-electron chi connectivity index (χ2n) is 15.3. The molecule has 0 unspecified atom stereocenters. The molecule has 12 rings (SSSR count). The van der Waals surface area contributed by atoms with E-state index in [2.05, 4.69) is 127 Å². The third-order valence-electron chi connectivity index (χ3n) is 12.0. The number of benzene rings is 11. The molecule has 0 bridgehead atoms. The first-order valence-corrected chi connectivity index (χ1v) is 20.4. The lowest BCUT2D eigenvalue weighted by Crippen LogP contribution is -2.11. The first kappa shape index (κ1) is 30.2. The van der Waals surface area contributed by atoms with Gasteiger partial charge in [-0.2, -0.15) is 0 Å². The zero-order valence-corrected chi connectivity index (χ0v) is 32.5. The highest BCUT2D eigenvalue weighted by Gasteiger charge is 2.21. The molecular formula is C58H38N2. The van der Waals surface area contributed by atoms with Crippen LogP contribution in [-0.2, 0) is 0 Å². The maximum absolute atomic E-state index is 9.91. The summed E-state index contributed by atoms with van der Waals surface area (Å²) in [4.78, 5) is 1.94. The van der Waals surface area contributed by atoms with Gasteiger partial charge in [0.2, 0.25) is 0 Å². The fourth-order valence-electron chi connectivity index (χ4n) is 9.42. The topological polar surface area (TPSA) is 8.17 Å². The SMILES string of the molecule is [2H]c1c([2H])c(-n2c3ccccc3c3ccccc32)c([2H])c([2H])c1N(c1ccc(-c2c(-c3ccccc3)c3ccccc3c3ccccc23)cc1)c1cc2ccccc2c2ccccc12. The van der Waals surface area contributed by atoms with Crippen LogP contribution in [0.15, 0.2) is 230 Å². The molecule has 1 heterocycles. The Morgan fingerprint density at radius 3 is 1.35 bits per heavy atom. The van der Waals surface area contributed by atoms with Gasteiger partial charge in [0.1, 0.15) is 0 Å². The van der Waals surface area contributed by atoms with E-state index < -0.39 is 0 Å². The van der Waals surface area contributed by atoms with Crippen LogP contribution in [0.2, 0.25) is 0 Å². The maximum atomic E-state index is 9.91. The first-order chi connectivity index (χ1) is 31.5. The molecule has 60 heavy (non-hydrogen) atoms. The Bertz CT molecular complexity index is 3760. The minimum atomic E-state index is -0.133. The number of hydrogen-bond acceptors (Lipinski definition) is 1. The molecular weight excluding hydrogens is 725 g/mol. The molecule has 0 aliphatic rings. The van der Waals surface area contributed by atoms with Gasteiger partial charge < -0.3 is 9.47 Å². The van der Waals surface area contributed by atoms with Gasteiger partial charge in [0, 0.05) is 33.2 Å². The van der Waals surface area contributed by atoms with Crippen molar-refractivity contribution in [2.45, 2.75) is 0 Å². The summed E-state index contributed by atoms with van der Waals surface area (Å²) < 4.78 is 41.3. The number of aromatic nitrogens is 1. The number of hydrogen-bond donors (Lipinski definition) is 0. The second kappa shape index (κ2) is 13.9. The number of anilines is 3. The molecule has 0 spiro atoms. The van der Waals surface area contributed by atoms with Crippen molar-refractivity contribution in [2.75, 3.05) is 4.90 Å². The van der Waals surface area contributed by atoms with Crippen molar-refractivity contribution in [3.63, 3.8) is 0 Å². The summed E-state index contributed by atoms with van der Waals surface area (Å²) in [5.41, 5.74) is 7.92. The monoisotopic (exact) mass is 766 g/mol. The summed E-state index contributed by atoms with van der Waals surface area (Å²) in [7, 11) is 0. The van der Waals surface area contributed by atoms with Gasteiger partial charge in [0.25, 0.3) is 0 Å². The van der Waals surface area contributed by atoms with E-state index >= 15 is 0 Å². The molecule has 0 aliphatic heterocycles. The standard InChI is InChI=1S/C58H38N2/c1-2-16-39(17-3-1)57-52-26-10-7-21-47(52)48-22-8-11-27-53(48)58(57)40-30-32-42(33-31-40)59(56-38-41-18-4-5-19-45(41)46-20-6-9-23-49(46)56)43-34-36-44(37-35-43)60-54-28-14-12-24-50(54)51-25-13-15-29-55(51)60/h1-38H/i34D,35D,36D,37D. The van der Waals surface area contributed by atoms with Crippen molar-refractivity contribution in [1.29, 1.82) is 0 Å². The minimum absolute atomic E-state index is 0.121. The van der Waals surface area contributed by atoms with Crippen LogP contribution in [-0.4, -0.2) is 4.57 Å². The zero-order valence-electron chi connectivity index (χ0n) is 36.5. The van der Waals surface area contributed by atoms with Crippen molar-refractivity contribution in [3.05, 3.63) is 230 Å². The van der Waals surface area contributed by atoms with Crippen LogP contribution in [0.5, 0.6) is 0 Å². The van der Waals surface area contributed by atoms with Gasteiger partial charge in [-0.15, -0.1) is 0 Å². The Balaban J connectivity index is 1.13. The summed E-state index contributed by atoms with van der Waals surface area (Å²) in [5, 5.41) is 10.7. The molecule has 12 aromatic rings. The van der Waals surface area contributed by atoms with E-state index in [4.69, 9.17) is 0 Å². The normalized spacial score (nSPS) is 12.6. The molecule has 1 aromatic heterocycles. The molecule has 2 nitrogen and oxygen atoms in total. The summed E-state index contributed by atoms with van der Waals surface area (Å²) >= 11 is 0. The third-order valence-corrected chi connectivity index (χ3v) is 12.0. The molecule has 2 heteroatoms. The first-order valence-electron chi connectivity index (χ1n) is 22.4. The molecule has 0 N–H and O–H groups in total. The molecule has 0 saturated carbocycles. The average Bonchev–Trinajstić information content (AvgIpc) is 3.68. The molecule has 0 amide bonds. The zero-order chi connectivity index (χ0) is 43.1. The molecule has 11 aromatic carbocycles. The Morgan fingerprint density at radius 2 is 0.767 bits per heavy atom. The number of para-hydroxylation sites is 2. The van der Waals surface area contributed by atoms with Crippen LogP contribution in [0, 0.1) is 0 Å². The molecule has 280 valence electrons. The summed E-state index contributed by atoms with van der Waals surface area (Å²) in [6, 6.07) is 70.2. The lowest BCUT2D eigenvalue weighted by atomic mass is 9.85. The van der Waals surface area contributed by atoms with Crippen LogP contribution in [0.1, 0.15) is 5.48 Å². The van der Waals surface area contributed by atoms with Crippen LogP contribution in [0.25, 0.3) is 92.8 Å². The Labute approximate surface area is 354 Å². The van der Waals surface area contributed by atoms with Gasteiger partial charge in [0.15, 0.2) is 0 Å². The second-order valence-corrected chi connectivity index (χ2v) is 15.3. The number of nitrogens with zero attached hydrogens (tertiary/aromatic N) is 2. The molecule has 0 fully saturated rings. The van der Waals surface area contributed by atoms with Crippen LogP contribution in [0.4, 0.5) is 17.1 Å². The van der Waals surface area contributed by atoms with Crippen LogP contribution >= 0.6 is 0 Å². The average molecular weight is 767 g/mol. The van der Waals surface area contributed by atoms with E-state index in [0.29, 0.717) is 5.69 Å². The summed E-state index contributed by atoms with van der Waals surface area (Å²) in [6.07, 6.45) is 0. The van der Waals surface area contributed by atoms with E-state index in [-0.39, 0.29) is 35.5 Å². The predicted molar refractivity (Wildman–Crippen MR) is 256 cm³/mol. The quantitative estimate of drug-likeness (QED) is 0.153. The van der Waals surface area contributed by atoms with Crippen molar-refractivity contribution < 1.29 is 5.48 Å². The van der Waals surface area contributed by atoms with Crippen LogP contribution in [0.3, 0.4) is 0 Å². The van der Waals surface area contributed by atoms with Crippen molar-refractivity contribution in [2.24, 2.45) is 0 Å². The van der Waals surface area contributed by atoms with Gasteiger partial charge in [-0.1, -0.05) is 176 Å². The molecule has 0 aliphatic carbocycles. The van der Waals surface area contributed by atoms with Crippen molar-refractivity contribution >= 4 is 82.0 Å².